The molecule has 0 bridgehead atoms. The van der Waals surface area contributed by atoms with Crippen LogP contribution in [-0.4, -0.2) is 66.5 Å². The van der Waals surface area contributed by atoms with E-state index in [4.69, 9.17) is 23.7 Å². The third-order valence-corrected chi connectivity index (χ3v) is 5.70. The molecule has 8 heteroatoms. The van der Waals surface area contributed by atoms with Gasteiger partial charge >= 0.3 is 0 Å². The lowest BCUT2D eigenvalue weighted by molar-refractivity contribution is 0.346. The molecule has 0 unspecified atom stereocenters. The van der Waals surface area contributed by atoms with E-state index in [0.29, 0.717) is 18.7 Å². The van der Waals surface area contributed by atoms with E-state index in [9.17, 15) is 0 Å². The van der Waals surface area contributed by atoms with Gasteiger partial charge in [0.05, 0.1) is 35.5 Å². The highest BCUT2D eigenvalue weighted by Crippen LogP contribution is 2.35. The molecule has 0 saturated heterocycles. The van der Waals surface area contributed by atoms with E-state index in [2.05, 4.69) is 27.3 Å². The second kappa shape index (κ2) is 10.8. The van der Waals surface area contributed by atoms with Crippen molar-refractivity contribution in [1.29, 1.82) is 0 Å². The predicted molar refractivity (Wildman–Crippen MR) is 125 cm³/mol. The predicted octanol–water partition coefficient (Wildman–Crippen LogP) is 2.91. The molecule has 3 rings (SSSR count). The van der Waals surface area contributed by atoms with E-state index in [1.54, 1.807) is 42.6 Å². The van der Waals surface area contributed by atoms with Gasteiger partial charge in [0, 0.05) is 44.4 Å². The molecule has 174 valence electrons. The van der Waals surface area contributed by atoms with Crippen molar-refractivity contribution in [2.45, 2.75) is 19.4 Å². The fraction of sp³-hybridized carbons (Fsp3) is 0.458. The van der Waals surface area contributed by atoms with Crippen molar-refractivity contribution in [3.8, 4) is 28.7 Å². The van der Waals surface area contributed by atoms with Crippen LogP contribution in [0.15, 0.2) is 29.3 Å². The van der Waals surface area contributed by atoms with E-state index >= 15 is 0 Å². The summed E-state index contributed by atoms with van der Waals surface area (Å²) in [5, 5.41) is 3.48. The molecule has 0 aromatic heterocycles. The maximum Gasteiger partial charge on any atom is 0.193 e. The van der Waals surface area contributed by atoms with Crippen molar-refractivity contribution in [3.63, 3.8) is 0 Å². The van der Waals surface area contributed by atoms with Crippen LogP contribution in [-0.2, 0) is 19.4 Å². The third-order valence-electron chi connectivity index (χ3n) is 5.70. The lowest BCUT2D eigenvalue weighted by Crippen LogP contribution is -2.44. The van der Waals surface area contributed by atoms with Gasteiger partial charge in [-0.15, -0.1) is 0 Å². The second-order valence-electron chi connectivity index (χ2n) is 7.38. The molecule has 0 aliphatic carbocycles. The van der Waals surface area contributed by atoms with E-state index < -0.39 is 0 Å². The molecule has 0 saturated carbocycles. The number of rotatable bonds is 8. The van der Waals surface area contributed by atoms with Crippen LogP contribution in [0.3, 0.4) is 0 Å². The summed E-state index contributed by atoms with van der Waals surface area (Å²) < 4.78 is 27.4. The molecule has 0 fully saturated rings. The molecule has 8 nitrogen and oxygen atoms in total. The number of fused-ring (bicyclic) bond motifs is 1. The summed E-state index contributed by atoms with van der Waals surface area (Å²) in [5.41, 5.74) is 3.48. The standard InChI is InChI=1S/C24H33N3O5/c1-25-24(26-9-7-19-20(29-3)13-18(28-2)14-21(19)30-4)27-10-8-16-11-22(31-5)23(32-6)12-17(16)15-27/h11-14H,7-10,15H2,1-6H3,(H,25,26). The number of benzene rings is 2. The van der Waals surface area contributed by atoms with E-state index in [0.717, 1.165) is 54.0 Å². The van der Waals surface area contributed by atoms with Gasteiger partial charge in [-0.3, -0.25) is 4.99 Å². The Bertz CT molecular complexity index is 936. The fourth-order valence-corrected chi connectivity index (χ4v) is 4.02. The van der Waals surface area contributed by atoms with Gasteiger partial charge in [-0.25, -0.2) is 0 Å². The first kappa shape index (κ1) is 23.4. The van der Waals surface area contributed by atoms with Crippen molar-refractivity contribution in [1.82, 2.24) is 10.2 Å². The molecular weight excluding hydrogens is 410 g/mol. The maximum atomic E-state index is 5.56. The van der Waals surface area contributed by atoms with Gasteiger partial charge in [-0.2, -0.15) is 0 Å². The number of ether oxygens (including phenoxy) is 5. The van der Waals surface area contributed by atoms with E-state index in [1.165, 1.54) is 11.1 Å². The number of aliphatic imine (C=N–C) groups is 1. The van der Waals surface area contributed by atoms with Crippen LogP contribution in [0.25, 0.3) is 0 Å². The highest BCUT2D eigenvalue weighted by atomic mass is 16.5. The molecule has 0 spiro atoms. The van der Waals surface area contributed by atoms with Gasteiger partial charge in [0.1, 0.15) is 17.2 Å². The summed E-state index contributed by atoms with van der Waals surface area (Å²) in [5.74, 6) is 4.55. The number of guanidine groups is 1. The molecule has 1 aliphatic rings. The molecule has 0 radical (unpaired) electrons. The lowest BCUT2D eigenvalue weighted by Gasteiger charge is -2.32. The van der Waals surface area contributed by atoms with Crippen LogP contribution in [0.1, 0.15) is 16.7 Å². The van der Waals surface area contributed by atoms with Crippen LogP contribution >= 0.6 is 0 Å². The Balaban J connectivity index is 1.69. The minimum absolute atomic E-state index is 0.682. The Morgan fingerprint density at radius 2 is 1.44 bits per heavy atom. The number of nitrogens with one attached hydrogen (secondary N) is 1. The quantitative estimate of drug-likeness (QED) is 0.497. The normalized spacial score (nSPS) is 13.3. The number of methoxy groups -OCH3 is 5. The summed E-state index contributed by atoms with van der Waals surface area (Å²) in [6, 6.07) is 7.87. The maximum absolute atomic E-state index is 5.56. The Hall–Kier alpha value is -3.29. The molecule has 2 aromatic rings. The summed E-state index contributed by atoms with van der Waals surface area (Å²) in [4.78, 5) is 6.74. The Morgan fingerprint density at radius 3 is 1.97 bits per heavy atom. The van der Waals surface area contributed by atoms with Crippen molar-refractivity contribution in [2.75, 3.05) is 55.7 Å². The largest absolute Gasteiger partial charge is 0.496 e. The molecular formula is C24H33N3O5. The highest BCUT2D eigenvalue weighted by Gasteiger charge is 2.22. The Morgan fingerprint density at radius 1 is 0.844 bits per heavy atom. The third kappa shape index (κ3) is 4.95. The molecule has 32 heavy (non-hydrogen) atoms. The van der Waals surface area contributed by atoms with Crippen LogP contribution in [0.5, 0.6) is 28.7 Å². The minimum Gasteiger partial charge on any atom is -0.496 e. The van der Waals surface area contributed by atoms with Crippen molar-refractivity contribution in [2.24, 2.45) is 4.99 Å². The van der Waals surface area contributed by atoms with E-state index in [-0.39, 0.29) is 0 Å². The zero-order valence-corrected chi connectivity index (χ0v) is 19.8. The van der Waals surface area contributed by atoms with Gasteiger partial charge in [0.25, 0.3) is 0 Å². The van der Waals surface area contributed by atoms with Crippen LogP contribution in [0.2, 0.25) is 0 Å². The summed E-state index contributed by atoms with van der Waals surface area (Å²) in [6.45, 7) is 2.31. The van der Waals surface area contributed by atoms with Gasteiger partial charge in [0.2, 0.25) is 0 Å². The molecule has 0 amide bonds. The van der Waals surface area contributed by atoms with E-state index in [1.807, 2.05) is 12.1 Å². The first-order valence-electron chi connectivity index (χ1n) is 10.6. The molecule has 1 N–H and O–H groups in total. The zero-order valence-electron chi connectivity index (χ0n) is 19.8. The van der Waals surface area contributed by atoms with Gasteiger partial charge in [-0.05, 0) is 36.1 Å². The molecule has 1 heterocycles. The van der Waals surface area contributed by atoms with Crippen LogP contribution in [0.4, 0.5) is 0 Å². The summed E-state index contributed by atoms with van der Waals surface area (Å²) >= 11 is 0. The van der Waals surface area contributed by atoms with Crippen LogP contribution in [0, 0.1) is 0 Å². The second-order valence-corrected chi connectivity index (χ2v) is 7.38. The molecule has 1 aliphatic heterocycles. The van der Waals surface area contributed by atoms with Crippen molar-refractivity contribution >= 4 is 5.96 Å². The minimum atomic E-state index is 0.682. The zero-order chi connectivity index (χ0) is 23.1. The van der Waals surface area contributed by atoms with Gasteiger partial charge < -0.3 is 33.9 Å². The number of hydrogen-bond acceptors (Lipinski definition) is 6. The lowest BCUT2D eigenvalue weighted by atomic mass is 9.99. The van der Waals surface area contributed by atoms with Gasteiger partial charge in [0.15, 0.2) is 17.5 Å². The summed E-state index contributed by atoms with van der Waals surface area (Å²) in [6.07, 6.45) is 1.63. The first-order valence-corrected chi connectivity index (χ1v) is 10.6. The smallest absolute Gasteiger partial charge is 0.193 e. The average Bonchev–Trinajstić information content (AvgIpc) is 2.84. The monoisotopic (exact) mass is 443 g/mol. The van der Waals surface area contributed by atoms with Crippen LogP contribution < -0.4 is 29.0 Å². The highest BCUT2D eigenvalue weighted by molar-refractivity contribution is 5.80. The summed E-state index contributed by atoms with van der Waals surface area (Å²) in [7, 11) is 10.1. The first-order chi connectivity index (χ1) is 15.6. The van der Waals surface area contributed by atoms with Crippen molar-refractivity contribution in [3.05, 3.63) is 41.0 Å². The molecule has 0 atom stereocenters. The van der Waals surface area contributed by atoms with Crippen molar-refractivity contribution < 1.29 is 23.7 Å². The average molecular weight is 444 g/mol. The fourth-order valence-electron chi connectivity index (χ4n) is 4.02. The number of hydrogen-bond donors (Lipinski definition) is 1. The van der Waals surface area contributed by atoms with Gasteiger partial charge in [-0.1, -0.05) is 0 Å². The molecule has 2 aromatic carbocycles. The Labute approximate surface area is 190 Å². The SMILES string of the molecule is CN=C(NCCc1c(OC)cc(OC)cc1OC)N1CCc2cc(OC)c(OC)cc2C1. The Kier molecular flexibility index (Phi) is 7.92. The topological polar surface area (TPSA) is 73.8 Å². The number of nitrogens with zero attached hydrogens (tertiary/aromatic N) is 2.